The fraction of sp³-hybridized carbons (Fsp3) is 0.500. The molecule has 1 aliphatic heterocycles. The van der Waals surface area contributed by atoms with Gasteiger partial charge in [-0.1, -0.05) is 12.1 Å². The predicted octanol–water partition coefficient (Wildman–Crippen LogP) is 1.34. The van der Waals surface area contributed by atoms with E-state index in [0.29, 0.717) is 0 Å². The topological polar surface area (TPSA) is 48.3 Å². The largest absolute Gasteiger partial charge is 0.497 e. The van der Waals surface area contributed by atoms with E-state index in [1.807, 2.05) is 31.2 Å². The Morgan fingerprint density at radius 3 is 2.39 bits per heavy atom. The smallest absolute Gasteiger partial charge is 0.132 e. The van der Waals surface area contributed by atoms with Crippen molar-refractivity contribution in [3.05, 3.63) is 29.8 Å². The Hall–Kier alpha value is -1.57. The molecule has 0 bridgehead atoms. The monoisotopic (exact) mass is 245 g/mol. The van der Waals surface area contributed by atoms with Crippen molar-refractivity contribution in [1.82, 2.24) is 10.2 Å². The molecule has 1 fully saturated rings. The van der Waals surface area contributed by atoms with E-state index in [9.17, 15) is 5.26 Å². The van der Waals surface area contributed by atoms with Crippen LogP contribution in [0.25, 0.3) is 0 Å². The van der Waals surface area contributed by atoms with Crippen LogP contribution >= 0.6 is 0 Å². The number of piperazine rings is 1. The number of rotatable bonds is 3. The highest BCUT2D eigenvalue weighted by Gasteiger charge is 2.34. The quantitative estimate of drug-likeness (QED) is 0.873. The number of benzene rings is 1. The molecule has 4 nitrogen and oxygen atoms in total. The standard InChI is InChI=1S/C14H19N3O/c1-14(11-15,17-9-7-16-8-10-17)12-3-5-13(18-2)6-4-12/h3-6,16H,7-10H2,1-2H3. The summed E-state index contributed by atoms with van der Waals surface area (Å²) >= 11 is 0. The van der Waals surface area contributed by atoms with Gasteiger partial charge < -0.3 is 10.1 Å². The third-order valence-electron chi connectivity index (χ3n) is 3.62. The number of hydrogen-bond acceptors (Lipinski definition) is 4. The molecular weight excluding hydrogens is 226 g/mol. The first kappa shape index (κ1) is 12.9. The minimum absolute atomic E-state index is 0.561. The summed E-state index contributed by atoms with van der Waals surface area (Å²) in [4.78, 5) is 2.23. The van der Waals surface area contributed by atoms with Crippen LogP contribution in [0.2, 0.25) is 0 Å². The summed E-state index contributed by atoms with van der Waals surface area (Å²) in [6.45, 7) is 5.66. The molecule has 1 heterocycles. The van der Waals surface area contributed by atoms with E-state index in [1.165, 1.54) is 0 Å². The van der Waals surface area contributed by atoms with E-state index in [2.05, 4.69) is 16.3 Å². The lowest BCUT2D eigenvalue weighted by Crippen LogP contribution is -2.52. The molecule has 1 aliphatic rings. The van der Waals surface area contributed by atoms with Crippen molar-refractivity contribution >= 4 is 0 Å². The van der Waals surface area contributed by atoms with Crippen LogP contribution in [-0.4, -0.2) is 38.2 Å². The minimum Gasteiger partial charge on any atom is -0.497 e. The van der Waals surface area contributed by atoms with Crippen molar-refractivity contribution in [3.63, 3.8) is 0 Å². The van der Waals surface area contributed by atoms with Gasteiger partial charge in [-0.2, -0.15) is 5.26 Å². The lowest BCUT2D eigenvalue weighted by atomic mass is 9.91. The SMILES string of the molecule is COc1ccc(C(C)(C#N)N2CCNCC2)cc1. The van der Waals surface area contributed by atoms with Crippen molar-refractivity contribution in [1.29, 1.82) is 5.26 Å². The van der Waals surface area contributed by atoms with Crippen molar-refractivity contribution < 1.29 is 4.74 Å². The summed E-state index contributed by atoms with van der Waals surface area (Å²) in [6.07, 6.45) is 0. The Balaban J connectivity index is 2.27. The average Bonchev–Trinajstić information content (AvgIpc) is 2.47. The van der Waals surface area contributed by atoms with Gasteiger partial charge in [-0.15, -0.1) is 0 Å². The van der Waals surface area contributed by atoms with Gasteiger partial charge in [0.2, 0.25) is 0 Å². The normalized spacial score (nSPS) is 19.8. The van der Waals surface area contributed by atoms with Gasteiger partial charge in [0, 0.05) is 26.2 Å². The molecule has 0 aromatic heterocycles. The Morgan fingerprint density at radius 2 is 1.89 bits per heavy atom. The summed E-state index contributed by atoms with van der Waals surface area (Å²) in [5.41, 5.74) is 0.460. The summed E-state index contributed by atoms with van der Waals surface area (Å²) in [7, 11) is 1.65. The first-order chi connectivity index (χ1) is 8.70. The summed E-state index contributed by atoms with van der Waals surface area (Å²) in [5, 5.41) is 12.9. The molecule has 0 spiro atoms. The summed E-state index contributed by atoms with van der Waals surface area (Å²) in [5.74, 6) is 0.819. The van der Waals surface area contributed by atoms with Gasteiger partial charge in [-0.25, -0.2) is 0 Å². The van der Waals surface area contributed by atoms with Crippen LogP contribution in [-0.2, 0) is 5.54 Å². The van der Waals surface area contributed by atoms with Gasteiger partial charge >= 0.3 is 0 Å². The fourth-order valence-corrected chi connectivity index (χ4v) is 2.35. The Morgan fingerprint density at radius 1 is 1.28 bits per heavy atom. The van der Waals surface area contributed by atoms with E-state index in [1.54, 1.807) is 7.11 Å². The summed E-state index contributed by atoms with van der Waals surface area (Å²) < 4.78 is 5.15. The van der Waals surface area contributed by atoms with Gasteiger partial charge in [0.05, 0.1) is 13.2 Å². The second kappa shape index (κ2) is 5.38. The predicted molar refractivity (Wildman–Crippen MR) is 70.4 cm³/mol. The van der Waals surface area contributed by atoms with Gasteiger partial charge in [0.15, 0.2) is 0 Å². The highest BCUT2D eigenvalue weighted by molar-refractivity contribution is 5.35. The molecule has 1 atom stereocenters. The van der Waals surface area contributed by atoms with Crippen LogP contribution in [0.15, 0.2) is 24.3 Å². The summed E-state index contributed by atoms with van der Waals surface area (Å²) in [6, 6.07) is 10.2. The van der Waals surface area contributed by atoms with Crippen molar-refractivity contribution in [2.45, 2.75) is 12.5 Å². The molecule has 96 valence electrons. The van der Waals surface area contributed by atoms with Gasteiger partial charge in [0.1, 0.15) is 11.3 Å². The zero-order valence-electron chi connectivity index (χ0n) is 10.9. The van der Waals surface area contributed by atoms with Gasteiger partial charge in [0.25, 0.3) is 0 Å². The minimum atomic E-state index is -0.561. The zero-order valence-corrected chi connectivity index (χ0v) is 10.9. The molecule has 2 rings (SSSR count). The number of ether oxygens (including phenoxy) is 1. The van der Waals surface area contributed by atoms with Gasteiger partial charge in [-0.05, 0) is 24.6 Å². The molecule has 1 aromatic carbocycles. The van der Waals surface area contributed by atoms with E-state index in [-0.39, 0.29) is 0 Å². The Kier molecular flexibility index (Phi) is 3.85. The van der Waals surface area contributed by atoms with E-state index in [4.69, 9.17) is 4.74 Å². The lowest BCUT2D eigenvalue weighted by molar-refractivity contribution is 0.132. The highest BCUT2D eigenvalue weighted by Crippen LogP contribution is 2.29. The Bertz CT molecular complexity index is 431. The highest BCUT2D eigenvalue weighted by atomic mass is 16.5. The molecule has 1 aromatic rings. The maximum absolute atomic E-state index is 9.57. The van der Waals surface area contributed by atoms with Gasteiger partial charge in [-0.3, -0.25) is 4.90 Å². The van der Waals surface area contributed by atoms with E-state index >= 15 is 0 Å². The number of hydrogen-bond donors (Lipinski definition) is 1. The van der Waals surface area contributed by atoms with Crippen LogP contribution < -0.4 is 10.1 Å². The van der Waals surface area contributed by atoms with Crippen molar-refractivity contribution in [2.24, 2.45) is 0 Å². The number of nitrogens with one attached hydrogen (secondary N) is 1. The second-order valence-electron chi connectivity index (χ2n) is 4.65. The van der Waals surface area contributed by atoms with Crippen LogP contribution in [0, 0.1) is 11.3 Å². The number of nitrogens with zero attached hydrogens (tertiary/aromatic N) is 2. The molecule has 1 N–H and O–H groups in total. The Labute approximate surface area is 108 Å². The second-order valence-corrected chi connectivity index (χ2v) is 4.65. The van der Waals surface area contributed by atoms with E-state index in [0.717, 1.165) is 37.5 Å². The third-order valence-corrected chi connectivity index (χ3v) is 3.62. The van der Waals surface area contributed by atoms with Crippen LogP contribution in [0.1, 0.15) is 12.5 Å². The maximum Gasteiger partial charge on any atom is 0.132 e. The van der Waals surface area contributed by atoms with Crippen molar-refractivity contribution in [3.8, 4) is 11.8 Å². The van der Waals surface area contributed by atoms with Crippen molar-refractivity contribution in [2.75, 3.05) is 33.3 Å². The molecule has 1 saturated heterocycles. The molecular formula is C14H19N3O. The first-order valence-electron chi connectivity index (χ1n) is 6.22. The first-order valence-corrected chi connectivity index (χ1v) is 6.22. The maximum atomic E-state index is 9.57. The van der Waals surface area contributed by atoms with Crippen LogP contribution in [0.5, 0.6) is 5.75 Å². The average molecular weight is 245 g/mol. The fourth-order valence-electron chi connectivity index (χ4n) is 2.35. The van der Waals surface area contributed by atoms with E-state index < -0.39 is 5.54 Å². The van der Waals surface area contributed by atoms with Crippen LogP contribution in [0.3, 0.4) is 0 Å². The van der Waals surface area contributed by atoms with Crippen LogP contribution in [0.4, 0.5) is 0 Å². The molecule has 0 aliphatic carbocycles. The molecule has 4 heteroatoms. The number of methoxy groups -OCH3 is 1. The lowest BCUT2D eigenvalue weighted by Gasteiger charge is -2.39. The molecule has 18 heavy (non-hydrogen) atoms. The number of nitriles is 1. The molecule has 0 radical (unpaired) electrons. The molecule has 0 saturated carbocycles. The molecule has 0 amide bonds. The third kappa shape index (κ3) is 2.33. The zero-order chi connectivity index (χ0) is 13.0. The molecule has 1 unspecified atom stereocenters.